The highest BCUT2D eigenvalue weighted by Crippen LogP contribution is 2.28. The van der Waals surface area contributed by atoms with Crippen LogP contribution in [0.2, 0.25) is 0 Å². The molecule has 0 radical (unpaired) electrons. The fourth-order valence-corrected chi connectivity index (χ4v) is 3.31. The number of piperidine rings is 1. The molecule has 1 aromatic carbocycles. The number of carbonyl (C=O) groups is 1. The molecule has 152 valence electrons. The number of hydrogen-bond acceptors (Lipinski definition) is 6. The molecule has 1 fully saturated rings. The number of aryl methyl sites for hydroxylation is 1. The van der Waals surface area contributed by atoms with Crippen LogP contribution in [0.4, 0.5) is 0 Å². The number of ether oxygens (including phenoxy) is 2. The first kappa shape index (κ1) is 20.3. The third kappa shape index (κ3) is 4.34. The Labute approximate surface area is 165 Å². The zero-order chi connectivity index (χ0) is 20.3. The van der Waals surface area contributed by atoms with Crippen molar-refractivity contribution in [2.45, 2.75) is 33.2 Å². The van der Waals surface area contributed by atoms with Crippen molar-refractivity contribution in [2.75, 3.05) is 33.4 Å². The summed E-state index contributed by atoms with van der Waals surface area (Å²) in [5.41, 5.74) is 7.83. The van der Waals surface area contributed by atoms with Crippen molar-refractivity contribution in [3.05, 3.63) is 35.7 Å². The quantitative estimate of drug-likeness (QED) is 0.760. The second-order valence-electron chi connectivity index (χ2n) is 7.87. The predicted molar refractivity (Wildman–Crippen MR) is 106 cm³/mol. The van der Waals surface area contributed by atoms with Gasteiger partial charge in [-0.05, 0) is 43.0 Å². The van der Waals surface area contributed by atoms with Crippen LogP contribution in [0.1, 0.15) is 36.5 Å². The van der Waals surface area contributed by atoms with Gasteiger partial charge in [0.15, 0.2) is 5.69 Å². The molecular weight excluding hydrogens is 358 g/mol. The van der Waals surface area contributed by atoms with Gasteiger partial charge in [0.1, 0.15) is 12.4 Å². The Morgan fingerprint density at radius 1 is 1.25 bits per heavy atom. The van der Waals surface area contributed by atoms with Crippen LogP contribution in [0.15, 0.2) is 24.3 Å². The van der Waals surface area contributed by atoms with Crippen molar-refractivity contribution in [1.29, 1.82) is 0 Å². The minimum Gasteiger partial charge on any atom is -0.491 e. The Hall–Kier alpha value is -2.45. The molecule has 1 amide bonds. The molecule has 0 saturated carbocycles. The van der Waals surface area contributed by atoms with Crippen LogP contribution in [-0.2, 0) is 4.74 Å². The van der Waals surface area contributed by atoms with E-state index >= 15 is 0 Å². The van der Waals surface area contributed by atoms with Gasteiger partial charge in [-0.1, -0.05) is 13.8 Å². The van der Waals surface area contributed by atoms with Crippen LogP contribution < -0.4 is 10.5 Å². The fraction of sp³-hybridized carbons (Fsp3) is 0.550. The molecule has 28 heavy (non-hydrogen) atoms. The maximum atomic E-state index is 13.0. The molecule has 1 unspecified atom stereocenters. The SMILES string of the molecule is COCCOc1ccc(-n2nc(C)c(C(=O)N3CCC(N)C(C)(C)C3)n2)cc1. The van der Waals surface area contributed by atoms with E-state index in [9.17, 15) is 4.79 Å². The van der Waals surface area contributed by atoms with E-state index in [1.807, 2.05) is 29.2 Å². The predicted octanol–water partition coefficient (Wildman–Crippen LogP) is 1.80. The molecule has 8 heteroatoms. The third-order valence-corrected chi connectivity index (χ3v) is 5.21. The number of likely N-dealkylation sites (tertiary alicyclic amines) is 1. The molecule has 1 aliphatic rings. The van der Waals surface area contributed by atoms with Crippen LogP contribution in [0.5, 0.6) is 5.75 Å². The maximum Gasteiger partial charge on any atom is 0.276 e. The number of methoxy groups -OCH3 is 1. The highest BCUT2D eigenvalue weighted by atomic mass is 16.5. The van der Waals surface area contributed by atoms with Crippen LogP contribution >= 0.6 is 0 Å². The fourth-order valence-electron chi connectivity index (χ4n) is 3.31. The Morgan fingerprint density at radius 3 is 2.61 bits per heavy atom. The highest BCUT2D eigenvalue weighted by molar-refractivity contribution is 5.93. The lowest BCUT2D eigenvalue weighted by atomic mass is 9.79. The first-order valence-electron chi connectivity index (χ1n) is 9.53. The van der Waals surface area contributed by atoms with E-state index in [0.29, 0.717) is 37.7 Å². The molecule has 1 aliphatic heterocycles. The molecule has 1 aromatic heterocycles. The minimum atomic E-state index is -0.115. The van der Waals surface area contributed by atoms with Gasteiger partial charge in [0.05, 0.1) is 18.0 Å². The normalized spacial score (nSPS) is 18.9. The summed E-state index contributed by atoms with van der Waals surface area (Å²) in [6.45, 7) is 8.28. The number of carbonyl (C=O) groups excluding carboxylic acids is 1. The first-order valence-corrected chi connectivity index (χ1v) is 9.53. The summed E-state index contributed by atoms with van der Waals surface area (Å²) >= 11 is 0. The Balaban J connectivity index is 1.73. The van der Waals surface area contributed by atoms with E-state index in [0.717, 1.165) is 17.9 Å². The number of aromatic nitrogens is 3. The summed E-state index contributed by atoms with van der Waals surface area (Å²) in [7, 11) is 1.64. The van der Waals surface area contributed by atoms with Crippen molar-refractivity contribution in [2.24, 2.45) is 11.1 Å². The van der Waals surface area contributed by atoms with E-state index < -0.39 is 0 Å². The second-order valence-corrected chi connectivity index (χ2v) is 7.87. The standard InChI is InChI=1S/C20H29N5O3/c1-14-18(19(26)24-10-9-17(21)20(2,3)13-24)23-25(22-14)15-5-7-16(8-6-15)28-12-11-27-4/h5-8,17H,9-13,21H2,1-4H3. The number of amides is 1. The van der Waals surface area contributed by atoms with Gasteiger partial charge in [-0.15, -0.1) is 5.10 Å². The van der Waals surface area contributed by atoms with Crippen LogP contribution in [-0.4, -0.2) is 65.3 Å². The van der Waals surface area contributed by atoms with Gasteiger partial charge in [0, 0.05) is 26.2 Å². The largest absolute Gasteiger partial charge is 0.491 e. The number of hydrogen-bond donors (Lipinski definition) is 1. The lowest BCUT2D eigenvalue weighted by Gasteiger charge is -2.42. The summed E-state index contributed by atoms with van der Waals surface area (Å²) in [6, 6.07) is 7.51. The van der Waals surface area contributed by atoms with Gasteiger partial charge in [0.25, 0.3) is 5.91 Å². The summed E-state index contributed by atoms with van der Waals surface area (Å²) in [4.78, 5) is 16.3. The molecule has 1 saturated heterocycles. The van der Waals surface area contributed by atoms with E-state index in [4.69, 9.17) is 15.2 Å². The van der Waals surface area contributed by atoms with E-state index in [-0.39, 0.29) is 17.4 Å². The zero-order valence-corrected chi connectivity index (χ0v) is 17.0. The molecule has 0 spiro atoms. The average molecular weight is 387 g/mol. The van der Waals surface area contributed by atoms with Crippen LogP contribution in [0.3, 0.4) is 0 Å². The van der Waals surface area contributed by atoms with Gasteiger partial charge in [0.2, 0.25) is 0 Å². The van der Waals surface area contributed by atoms with Gasteiger partial charge in [-0.25, -0.2) is 0 Å². The van der Waals surface area contributed by atoms with Crippen LogP contribution in [0, 0.1) is 12.3 Å². The Morgan fingerprint density at radius 2 is 1.96 bits per heavy atom. The Kier molecular flexibility index (Phi) is 6.00. The number of nitrogens with two attached hydrogens (primary N) is 1. The summed E-state index contributed by atoms with van der Waals surface area (Å²) in [6.07, 6.45) is 0.788. The maximum absolute atomic E-state index is 13.0. The summed E-state index contributed by atoms with van der Waals surface area (Å²) in [5, 5.41) is 8.88. The molecule has 2 aromatic rings. The summed E-state index contributed by atoms with van der Waals surface area (Å²) in [5.74, 6) is 0.649. The molecule has 0 bridgehead atoms. The lowest BCUT2D eigenvalue weighted by molar-refractivity contribution is 0.0526. The smallest absolute Gasteiger partial charge is 0.276 e. The average Bonchev–Trinajstić information content (AvgIpc) is 3.06. The third-order valence-electron chi connectivity index (χ3n) is 5.21. The Bertz CT molecular complexity index is 816. The van der Waals surface area contributed by atoms with Gasteiger partial charge in [-0.2, -0.15) is 9.90 Å². The second kappa shape index (κ2) is 8.28. The molecule has 0 aliphatic carbocycles. The molecule has 8 nitrogen and oxygen atoms in total. The lowest BCUT2D eigenvalue weighted by Crippen LogP contribution is -2.54. The molecular formula is C20H29N5O3. The van der Waals surface area contributed by atoms with Crippen molar-refractivity contribution in [1.82, 2.24) is 19.9 Å². The van der Waals surface area contributed by atoms with E-state index in [2.05, 4.69) is 24.0 Å². The van der Waals surface area contributed by atoms with Crippen molar-refractivity contribution in [3.8, 4) is 11.4 Å². The molecule has 1 atom stereocenters. The number of benzene rings is 1. The van der Waals surface area contributed by atoms with Crippen molar-refractivity contribution in [3.63, 3.8) is 0 Å². The number of rotatable bonds is 6. The first-order chi connectivity index (χ1) is 13.3. The van der Waals surface area contributed by atoms with Crippen LogP contribution in [0.25, 0.3) is 5.69 Å². The highest BCUT2D eigenvalue weighted by Gasteiger charge is 2.36. The monoisotopic (exact) mass is 387 g/mol. The van der Waals surface area contributed by atoms with Gasteiger partial charge < -0.3 is 20.1 Å². The van der Waals surface area contributed by atoms with Gasteiger partial charge in [-0.3, -0.25) is 4.79 Å². The number of nitrogens with zero attached hydrogens (tertiary/aromatic N) is 4. The minimum absolute atomic E-state index is 0.0942. The van der Waals surface area contributed by atoms with Crippen molar-refractivity contribution < 1.29 is 14.3 Å². The van der Waals surface area contributed by atoms with E-state index in [1.165, 1.54) is 4.80 Å². The molecule has 2 N–H and O–H groups in total. The zero-order valence-electron chi connectivity index (χ0n) is 17.0. The van der Waals surface area contributed by atoms with Gasteiger partial charge >= 0.3 is 0 Å². The molecule has 2 heterocycles. The summed E-state index contributed by atoms with van der Waals surface area (Å²) < 4.78 is 10.5. The topological polar surface area (TPSA) is 95.5 Å². The molecule has 3 rings (SSSR count). The van der Waals surface area contributed by atoms with Crippen molar-refractivity contribution >= 4 is 5.91 Å². The van der Waals surface area contributed by atoms with E-state index in [1.54, 1.807) is 14.0 Å².